The number of Topliss-reactive ketones (excluding diaryl/α,β-unsaturated/α-hetero) is 1. The van der Waals surface area contributed by atoms with Gasteiger partial charge in [-0.15, -0.1) is 0 Å². The zero-order valence-electron chi connectivity index (χ0n) is 10.7. The van der Waals surface area contributed by atoms with Gasteiger partial charge >= 0.3 is 5.97 Å². The lowest BCUT2D eigenvalue weighted by Crippen LogP contribution is -2.40. The van der Waals surface area contributed by atoms with E-state index < -0.39 is 10.0 Å². The SMILES string of the molecule is NOC(=O)c1ccc(C(=O)C(I)N2C(=O)CCC2=O)cc1. The molecule has 0 radical (unpaired) electrons. The van der Waals surface area contributed by atoms with Crippen molar-refractivity contribution >= 4 is 46.2 Å². The van der Waals surface area contributed by atoms with Gasteiger partial charge in [0.1, 0.15) is 0 Å². The number of likely N-dealkylation sites (tertiary alicyclic amines) is 1. The maximum absolute atomic E-state index is 12.3. The lowest BCUT2D eigenvalue weighted by Gasteiger charge is -2.19. The van der Waals surface area contributed by atoms with E-state index >= 15 is 0 Å². The fourth-order valence-electron chi connectivity index (χ4n) is 1.94. The first kappa shape index (κ1) is 15.6. The number of halogens is 1. The van der Waals surface area contributed by atoms with E-state index in [2.05, 4.69) is 4.84 Å². The normalized spacial score (nSPS) is 16.0. The molecule has 0 aliphatic carbocycles. The second-order valence-corrected chi connectivity index (χ2v) is 5.52. The Hall–Kier alpha value is -1.81. The number of carbonyl (C=O) groups is 4. The maximum atomic E-state index is 12.3. The number of benzene rings is 1. The second kappa shape index (κ2) is 6.31. The van der Waals surface area contributed by atoms with Crippen LogP contribution in [-0.2, 0) is 14.4 Å². The summed E-state index contributed by atoms with van der Waals surface area (Å²) in [5, 5.41) is 0. The Morgan fingerprint density at radius 3 is 2.05 bits per heavy atom. The zero-order valence-corrected chi connectivity index (χ0v) is 12.9. The number of hydrogen-bond acceptors (Lipinski definition) is 6. The molecule has 1 saturated heterocycles. The van der Waals surface area contributed by atoms with Crippen LogP contribution in [0.25, 0.3) is 0 Å². The van der Waals surface area contributed by atoms with E-state index in [1.165, 1.54) is 24.3 Å². The maximum Gasteiger partial charge on any atom is 0.356 e. The number of ketones is 1. The Bertz CT molecular complexity index is 597. The van der Waals surface area contributed by atoms with Crippen molar-refractivity contribution in [1.29, 1.82) is 0 Å². The minimum Gasteiger partial charge on any atom is -0.370 e. The fraction of sp³-hybridized carbons (Fsp3) is 0.231. The Kier molecular flexibility index (Phi) is 4.68. The standard InChI is InChI=1S/C13H11IN2O5/c14-12(16-9(17)5-6-10(16)18)11(19)7-1-3-8(4-2-7)13(20)21-15/h1-4,12H,5-6,15H2. The molecule has 0 bridgehead atoms. The van der Waals surface area contributed by atoms with Crippen molar-refractivity contribution in [2.75, 3.05) is 0 Å². The summed E-state index contributed by atoms with van der Waals surface area (Å²) in [5.41, 5.74) is 0.489. The van der Waals surface area contributed by atoms with Crippen LogP contribution in [0.4, 0.5) is 0 Å². The molecule has 0 aromatic heterocycles. The highest BCUT2D eigenvalue weighted by molar-refractivity contribution is 14.1. The van der Waals surface area contributed by atoms with Gasteiger partial charge in [0.25, 0.3) is 0 Å². The molecule has 2 amide bonds. The Morgan fingerprint density at radius 1 is 1.10 bits per heavy atom. The molecule has 110 valence electrons. The van der Waals surface area contributed by atoms with Crippen LogP contribution in [0, 0.1) is 0 Å². The quantitative estimate of drug-likeness (QED) is 0.200. The summed E-state index contributed by atoms with van der Waals surface area (Å²) in [4.78, 5) is 51.8. The van der Waals surface area contributed by atoms with Gasteiger partial charge in [0.05, 0.1) is 5.56 Å². The molecule has 1 unspecified atom stereocenters. The third-order valence-electron chi connectivity index (χ3n) is 3.05. The number of carbonyl (C=O) groups excluding carboxylic acids is 4. The lowest BCUT2D eigenvalue weighted by atomic mass is 10.1. The van der Waals surface area contributed by atoms with Crippen LogP contribution in [-0.4, -0.2) is 32.5 Å². The molecule has 1 aliphatic rings. The summed E-state index contributed by atoms with van der Waals surface area (Å²) in [6, 6.07) is 5.62. The van der Waals surface area contributed by atoms with Gasteiger partial charge in [-0.2, -0.15) is 5.90 Å². The Labute approximate surface area is 133 Å². The van der Waals surface area contributed by atoms with E-state index in [0.717, 1.165) is 4.90 Å². The number of rotatable bonds is 4. The molecule has 21 heavy (non-hydrogen) atoms. The summed E-state index contributed by atoms with van der Waals surface area (Å²) in [7, 11) is 0. The van der Waals surface area contributed by atoms with E-state index in [1.54, 1.807) is 22.6 Å². The van der Waals surface area contributed by atoms with E-state index in [-0.39, 0.29) is 41.6 Å². The summed E-state index contributed by atoms with van der Waals surface area (Å²) in [6.45, 7) is 0. The highest BCUT2D eigenvalue weighted by Crippen LogP contribution is 2.22. The van der Waals surface area contributed by atoms with Gasteiger partial charge in [0.15, 0.2) is 9.83 Å². The number of amides is 2. The monoisotopic (exact) mass is 402 g/mol. The number of nitrogens with zero attached hydrogens (tertiary/aromatic N) is 1. The number of hydrogen-bond donors (Lipinski definition) is 1. The molecule has 0 spiro atoms. The molecular weight excluding hydrogens is 391 g/mol. The smallest absolute Gasteiger partial charge is 0.356 e. The highest BCUT2D eigenvalue weighted by Gasteiger charge is 2.37. The minimum absolute atomic E-state index is 0.132. The molecule has 7 nitrogen and oxygen atoms in total. The molecule has 8 heteroatoms. The predicted molar refractivity (Wildman–Crippen MR) is 79.3 cm³/mol. The first-order valence-electron chi connectivity index (χ1n) is 6.00. The molecule has 1 aromatic rings. The minimum atomic E-state index is -0.891. The number of alkyl halides is 1. The fourth-order valence-corrected chi connectivity index (χ4v) is 2.92. The van der Waals surface area contributed by atoms with E-state index in [4.69, 9.17) is 5.90 Å². The Balaban J connectivity index is 2.18. The average molecular weight is 402 g/mol. The van der Waals surface area contributed by atoms with Crippen molar-refractivity contribution in [3.8, 4) is 0 Å². The van der Waals surface area contributed by atoms with Crippen molar-refractivity contribution in [3.63, 3.8) is 0 Å². The van der Waals surface area contributed by atoms with Crippen LogP contribution in [0.15, 0.2) is 24.3 Å². The molecule has 0 saturated carbocycles. The zero-order chi connectivity index (χ0) is 15.6. The number of nitrogens with two attached hydrogens (primary N) is 1. The van der Waals surface area contributed by atoms with Crippen LogP contribution in [0.3, 0.4) is 0 Å². The Morgan fingerprint density at radius 2 is 1.57 bits per heavy atom. The summed E-state index contributed by atoms with van der Waals surface area (Å²) in [5.74, 6) is 2.96. The topological polar surface area (TPSA) is 107 Å². The van der Waals surface area contributed by atoms with Gasteiger partial charge in [0, 0.05) is 18.4 Å². The summed E-state index contributed by atoms with van der Waals surface area (Å²) < 4.78 is -0.891. The molecular formula is C13H11IN2O5. The van der Waals surface area contributed by atoms with Gasteiger partial charge in [0.2, 0.25) is 11.8 Å². The molecule has 1 fully saturated rings. The van der Waals surface area contributed by atoms with Crippen molar-refractivity contribution in [2.45, 2.75) is 16.9 Å². The highest BCUT2D eigenvalue weighted by atomic mass is 127. The molecule has 1 heterocycles. The lowest BCUT2D eigenvalue weighted by molar-refractivity contribution is -0.138. The van der Waals surface area contributed by atoms with Crippen molar-refractivity contribution in [3.05, 3.63) is 35.4 Å². The summed E-state index contributed by atoms with van der Waals surface area (Å²) in [6.07, 6.45) is 0.264. The van der Waals surface area contributed by atoms with Crippen molar-refractivity contribution < 1.29 is 24.0 Å². The van der Waals surface area contributed by atoms with E-state index in [9.17, 15) is 19.2 Å². The third kappa shape index (κ3) is 3.10. The van der Waals surface area contributed by atoms with Crippen LogP contribution in [0.2, 0.25) is 0 Å². The average Bonchev–Trinajstić information content (AvgIpc) is 2.84. The van der Waals surface area contributed by atoms with Crippen molar-refractivity contribution in [2.24, 2.45) is 5.90 Å². The summed E-state index contributed by atoms with van der Waals surface area (Å²) >= 11 is 1.76. The van der Waals surface area contributed by atoms with Crippen molar-refractivity contribution in [1.82, 2.24) is 4.90 Å². The molecule has 2 rings (SSSR count). The van der Waals surface area contributed by atoms with E-state index in [1.807, 2.05) is 0 Å². The van der Waals surface area contributed by atoms with Gasteiger partial charge in [-0.25, -0.2) is 4.79 Å². The number of imide groups is 1. The third-order valence-corrected chi connectivity index (χ3v) is 4.17. The second-order valence-electron chi connectivity index (χ2n) is 4.34. The molecule has 1 aliphatic heterocycles. The largest absolute Gasteiger partial charge is 0.370 e. The van der Waals surface area contributed by atoms with Gasteiger partial charge < -0.3 is 4.84 Å². The van der Waals surface area contributed by atoms with Crippen LogP contribution in [0.1, 0.15) is 33.6 Å². The molecule has 2 N–H and O–H groups in total. The van der Waals surface area contributed by atoms with Crippen LogP contribution < -0.4 is 5.90 Å². The van der Waals surface area contributed by atoms with Gasteiger partial charge in [-0.1, -0.05) is 12.1 Å². The van der Waals surface area contributed by atoms with Crippen LogP contribution >= 0.6 is 22.6 Å². The molecule has 1 atom stereocenters. The molecule has 1 aromatic carbocycles. The van der Waals surface area contributed by atoms with Gasteiger partial charge in [-0.05, 0) is 34.7 Å². The first-order valence-corrected chi connectivity index (χ1v) is 7.24. The first-order chi connectivity index (χ1) is 9.95. The van der Waals surface area contributed by atoms with E-state index in [0.29, 0.717) is 0 Å². The predicted octanol–water partition coefficient (Wildman–Crippen LogP) is 0.810. The van der Waals surface area contributed by atoms with Gasteiger partial charge in [-0.3, -0.25) is 19.3 Å². The van der Waals surface area contributed by atoms with Crippen LogP contribution in [0.5, 0.6) is 0 Å².